The maximum Gasteiger partial charge on any atom is 0.254 e. The molecule has 3 heteroatoms. The molecule has 2 rings (SSSR count). The van der Waals surface area contributed by atoms with Gasteiger partial charge in [0.25, 0.3) is 5.56 Å². The van der Waals surface area contributed by atoms with E-state index in [1.165, 1.54) is 6.42 Å². The molecule has 1 saturated carbocycles. The average molecular weight is 234 g/mol. The Bertz CT molecular complexity index is 462. The highest BCUT2D eigenvalue weighted by Crippen LogP contribution is 2.36. The van der Waals surface area contributed by atoms with Gasteiger partial charge in [0, 0.05) is 17.2 Å². The molecule has 94 valence electrons. The number of nitrogens with zero attached hydrogens (tertiary/aromatic N) is 1. The third-order valence-corrected chi connectivity index (χ3v) is 3.82. The van der Waals surface area contributed by atoms with Crippen LogP contribution < -0.4 is 5.56 Å². The van der Waals surface area contributed by atoms with Gasteiger partial charge in [-0.3, -0.25) is 4.79 Å². The van der Waals surface area contributed by atoms with Gasteiger partial charge >= 0.3 is 0 Å². The van der Waals surface area contributed by atoms with Crippen molar-refractivity contribution in [3.63, 3.8) is 0 Å². The predicted molar refractivity (Wildman–Crippen MR) is 69.4 cm³/mol. The highest BCUT2D eigenvalue weighted by atomic mass is 16.1. The molecule has 0 aromatic carbocycles. The third kappa shape index (κ3) is 2.43. The Hall–Kier alpha value is -1.12. The summed E-state index contributed by atoms with van der Waals surface area (Å²) >= 11 is 0. The van der Waals surface area contributed by atoms with Crippen molar-refractivity contribution in [1.82, 2.24) is 9.97 Å². The van der Waals surface area contributed by atoms with Crippen LogP contribution in [0.3, 0.4) is 0 Å². The van der Waals surface area contributed by atoms with E-state index in [9.17, 15) is 4.79 Å². The molecule has 1 N–H and O–H groups in total. The molecule has 1 aromatic rings. The van der Waals surface area contributed by atoms with Crippen LogP contribution in [0.4, 0.5) is 0 Å². The Labute approximate surface area is 103 Å². The minimum Gasteiger partial charge on any atom is -0.310 e. The first-order valence-electron chi connectivity index (χ1n) is 6.59. The zero-order valence-electron chi connectivity index (χ0n) is 11.2. The van der Waals surface area contributed by atoms with Gasteiger partial charge in [-0.15, -0.1) is 0 Å². The molecule has 0 amide bonds. The molecule has 1 heterocycles. The van der Waals surface area contributed by atoms with Crippen LogP contribution in [-0.2, 0) is 0 Å². The van der Waals surface area contributed by atoms with Crippen molar-refractivity contribution in [2.75, 3.05) is 0 Å². The van der Waals surface area contributed by atoms with Gasteiger partial charge in [0.15, 0.2) is 0 Å². The van der Waals surface area contributed by atoms with Crippen LogP contribution in [0.25, 0.3) is 0 Å². The summed E-state index contributed by atoms with van der Waals surface area (Å²) in [5.41, 5.74) is 1.79. The van der Waals surface area contributed by atoms with Crippen molar-refractivity contribution in [2.45, 2.75) is 58.8 Å². The molecular formula is C14H22N2O. The SMILES string of the molecule is Cc1nc(C2CCC(C)C2)[nH]c(=O)c1C(C)C. The Balaban J connectivity index is 2.36. The second-order valence-corrected chi connectivity index (χ2v) is 5.72. The number of aryl methyl sites for hydroxylation is 1. The molecule has 0 aliphatic heterocycles. The minimum atomic E-state index is 0.0575. The maximum absolute atomic E-state index is 12.0. The maximum atomic E-state index is 12.0. The number of aromatic nitrogens is 2. The van der Waals surface area contributed by atoms with Crippen LogP contribution in [-0.4, -0.2) is 9.97 Å². The van der Waals surface area contributed by atoms with Crippen LogP contribution in [0.2, 0.25) is 0 Å². The van der Waals surface area contributed by atoms with Crippen molar-refractivity contribution in [2.24, 2.45) is 5.92 Å². The fourth-order valence-corrected chi connectivity index (χ4v) is 2.95. The molecule has 0 spiro atoms. The van der Waals surface area contributed by atoms with Crippen LogP contribution in [0.15, 0.2) is 4.79 Å². The first-order valence-corrected chi connectivity index (χ1v) is 6.59. The molecule has 0 bridgehead atoms. The van der Waals surface area contributed by atoms with Crippen molar-refractivity contribution >= 4 is 0 Å². The fourth-order valence-electron chi connectivity index (χ4n) is 2.95. The molecule has 2 atom stereocenters. The normalized spacial score (nSPS) is 24.5. The summed E-state index contributed by atoms with van der Waals surface area (Å²) in [4.78, 5) is 19.7. The van der Waals surface area contributed by atoms with Gasteiger partial charge in [0.2, 0.25) is 0 Å². The number of aromatic amines is 1. The lowest BCUT2D eigenvalue weighted by atomic mass is 10.0. The smallest absolute Gasteiger partial charge is 0.254 e. The highest BCUT2D eigenvalue weighted by molar-refractivity contribution is 5.21. The summed E-state index contributed by atoms with van der Waals surface area (Å²) in [6.07, 6.45) is 3.56. The van der Waals surface area contributed by atoms with Crippen molar-refractivity contribution in [1.29, 1.82) is 0 Å². The van der Waals surface area contributed by atoms with Gasteiger partial charge in [0.1, 0.15) is 5.82 Å². The Morgan fingerprint density at radius 3 is 2.53 bits per heavy atom. The first kappa shape index (κ1) is 12.3. The molecule has 0 saturated heterocycles. The van der Waals surface area contributed by atoms with Crippen molar-refractivity contribution in [3.05, 3.63) is 27.4 Å². The monoisotopic (exact) mass is 234 g/mol. The van der Waals surface area contributed by atoms with Crippen molar-refractivity contribution in [3.8, 4) is 0 Å². The number of rotatable bonds is 2. The predicted octanol–water partition coefficient (Wildman–Crippen LogP) is 3.11. The second-order valence-electron chi connectivity index (χ2n) is 5.72. The van der Waals surface area contributed by atoms with Crippen molar-refractivity contribution < 1.29 is 0 Å². The quantitative estimate of drug-likeness (QED) is 0.854. The molecule has 2 unspecified atom stereocenters. The van der Waals surface area contributed by atoms with E-state index in [1.54, 1.807) is 0 Å². The molecule has 1 aliphatic carbocycles. The standard InChI is InChI=1S/C14H22N2O/c1-8(2)12-10(4)15-13(16-14(12)17)11-6-5-9(3)7-11/h8-9,11H,5-7H2,1-4H3,(H,15,16,17). The van der Waals surface area contributed by atoms with Crippen LogP contribution in [0.1, 0.15) is 69.0 Å². The lowest BCUT2D eigenvalue weighted by molar-refractivity contribution is 0.581. The van der Waals surface area contributed by atoms with E-state index in [0.717, 1.165) is 35.8 Å². The summed E-state index contributed by atoms with van der Waals surface area (Å²) in [7, 11) is 0. The molecular weight excluding hydrogens is 212 g/mol. The van der Waals surface area contributed by atoms with E-state index in [4.69, 9.17) is 0 Å². The number of hydrogen-bond acceptors (Lipinski definition) is 2. The first-order chi connectivity index (χ1) is 7.99. The minimum absolute atomic E-state index is 0.0575. The van der Waals surface area contributed by atoms with Crippen LogP contribution in [0.5, 0.6) is 0 Å². The van der Waals surface area contributed by atoms with Gasteiger partial charge in [-0.2, -0.15) is 0 Å². The van der Waals surface area contributed by atoms with E-state index < -0.39 is 0 Å². The van der Waals surface area contributed by atoms with Gasteiger partial charge < -0.3 is 4.98 Å². The summed E-state index contributed by atoms with van der Waals surface area (Å²) in [5, 5.41) is 0. The zero-order chi connectivity index (χ0) is 12.6. The third-order valence-electron chi connectivity index (χ3n) is 3.82. The van der Waals surface area contributed by atoms with E-state index in [0.29, 0.717) is 5.92 Å². The Morgan fingerprint density at radius 2 is 2.06 bits per heavy atom. The van der Waals surface area contributed by atoms with E-state index in [-0.39, 0.29) is 11.5 Å². The number of H-pyrrole nitrogens is 1. The average Bonchev–Trinajstić information content (AvgIpc) is 2.63. The summed E-state index contributed by atoms with van der Waals surface area (Å²) in [5.74, 6) is 2.36. The molecule has 1 aromatic heterocycles. The second kappa shape index (κ2) is 4.63. The van der Waals surface area contributed by atoms with Gasteiger partial charge in [0.05, 0.1) is 0 Å². The molecule has 0 radical (unpaired) electrons. The zero-order valence-corrected chi connectivity index (χ0v) is 11.2. The van der Waals surface area contributed by atoms with Crippen LogP contribution >= 0.6 is 0 Å². The summed E-state index contributed by atoms with van der Waals surface area (Å²) < 4.78 is 0. The van der Waals surface area contributed by atoms with E-state index in [2.05, 4.69) is 16.9 Å². The number of nitrogens with one attached hydrogen (secondary N) is 1. The largest absolute Gasteiger partial charge is 0.310 e. The topological polar surface area (TPSA) is 45.8 Å². The fraction of sp³-hybridized carbons (Fsp3) is 0.714. The Morgan fingerprint density at radius 1 is 1.35 bits per heavy atom. The highest BCUT2D eigenvalue weighted by Gasteiger charge is 2.25. The number of hydrogen-bond donors (Lipinski definition) is 1. The molecule has 17 heavy (non-hydrogen) atoms. The summed E-state index contributed by atoms with van der Waals surface area (Å²) in [6.45, 7) is 8.30. The van der Waals surface area contributed by atoms with Gasteiger partial charge in [-0.25, -0.2) is 4.98 Å². The lowest BCUT2D eigenvalue weighted by Gasteiger charge is -2.13. The van der Waals surface area contributed by atoms with Gasteiger partial charge in [-0.1, -0.05) is 20.8 Å². The molecule has 3 nitrogen and oxygen atoms in total. The lowest BCUT2D eigenvalue weighted by Crippen LogP contribution is -2.21. The van der Waals surface area contributed by atoms with Crippen LogP contribution in [0, 0.1) is 12.8 Å². The van der Waals surface area contributed by atoms with E-state index >= 15 is 0 Å². The molecule has 1 aliphatic rings. The van der Waals surface area contributed by atoms with Gasteiger partial charge in [-0.05, 0) is 38.0 Å². The Kier molecular flexibility index (Phi) is 3.36. The molecule has 1 fully saturated rings. The van der Waals surface area contributed by atoms with E-state index in [1.807, 2.05) is 20.8 Å². The summed E-state index contributed by atoms with van der Waals surface area (Å²) in [6, 6.07) is 0.